The zero-order valence-electron chi connectivity index (χ0n) is 17.7. The maximum Gasteiger partial charge on any atom is 0.238 e. The monoisotopic (exact) mass is 430 g/mol. The first-order chi connectivity index (χ1) is 15.1. The molecule has 158 valence electrons. The first-order valence-corrected chi connectivity index (χ1v) is 11.6. The lowest BCUT2D eigenvalue weighted by atomic mass is 9.95. The highest BCUT2D eigenvalue weighted by atomic mass is 32.2. The molecule has 1 saturated heterocycles. The van der Waals surface area contributed by atoms with E-state index in [9.17, 15) is 9.59 Å². The van der Waals surface area contributed by atoms with Crippen molar-refractivity contribution >= 4 is 35.0 Å². The summed E-state index contributed by atoms with van der Waals surface area (Å²) >= 11 is 1.61. The average molecular weight is 431 g/mol. The van der Waals surface area contributed by atoms with Gasteiger partial charge in [0.15, 0.2) is 0 Å². The van der Waals surface area contributed by atoms with E-state index in [0.29, 0.717) is 5.75 Å². The molecule has 0 saturated carbocycles. The summed E-state index contributed by atoms with van der Waals surface area (Å²) in [6.45, 7) is 4.05. The van der Waals surface area contributed by atoms with E-state index in [2.05, 4.69) is 5.32 Å². The highest BCUT2D eigenvalue weighted by molar-refractivity contribution is 8.00. The van der Waals surface area contributed by atoms with Gasteiger partial charge < -0.3 is 5.32 Å². The molecule has 0 aliphatic carbocycles. The lowest BCUT2D eigenvalue weighted by Crippen LogP contribution is -2.28. The van der Waals surface area contributed by atoms with Crippen LogP contribution in [-0.4, -0.2) is 17.6 Å². The number of nitrogens with one attached hydrogen (secondary N) is 1. The average Bonchev–Trinajstić information content (AvgIpc) is 3.16. The van der Waals surface area contributed by atoms with Gasteiger partial charge in [0.25, 0.3) is 0 Å². The number of anilines is 2. The van der Waals surface area contributed by atoms with Gasteiger partial charge >= 0.3 is 0 Å². The van der Waals surface area contributed by atoms with Crippen molar-refractivity contribution in [2.75, 3.05) is 16.0 Å². The normalized spacial score (nSPS) is 16.9. The number of amides is 2. The highest BCUT2D eigenvalue weighted by Gasteiger charge is 2.34. The second-order valence-electron chi connectivity index (χ2n) is 7.75. The molecule has 3 aromatic rings. The van der Waals surface area contributed by atoms with Gasteiger partial charge in [0.2, 0.25) is 11.8 Å². The van der Waals surface area contributed by atoms with Crippen LogP contribution in [0, 0.1) is 6.92 Å². The first kappa shape index (κ1) is 21.2. The molecule has 1 fully saturated rings. The lowest BCUT2D eigenvalue weighted by molar-refractivity contribution is -0.118. The number of rotatable bonds is 6. The third kappa shape index (κ3) is 4.67. The van der Waals surface area contributed by atoms with Crippen LogP contribution in [-0.2, 0) is 9.59 Å². The number of hydrogen-bond donors (Lipinski definition) is 1. The van der Waals surface area contributed by atoms with E-state index in [1.165, 1.54) is 0 Å². The van der Waals surface area contributed by atoms with Gasteiger partial charge in [0.1, 0.15) is 5.37 Å². The molecule has 1 aliphatic rings. The molecule has 4 nitrogen and oxygen atoms in total. The smallest absolute Gasteiger partial charge is 0.238 e. The molecule has 1 N–H and O–H groups in total. The van der Waals surface area contributed by atoms with Gasteiger partial charge in [-0.05, 0) is 54.3 Å². The van der Waals surface area contributed by atoms with Crippen LogP contribution in [0.2, 0.25) is 0 Å². The summed E-state index contributed by atoms with van der Waals surface area (Å²) in [4.78, 5) is 27.5. The summed E-state index contributed by atoms with van der Waals surface area (Å²) in [6.07, 6.45) is 0.726. The van der Waals surface area contributed by atoms with Gasteiger partial charge in [-0.3, -0.25) is 14.5 Å². The lowest BCUT2D eigenvalue weighted by Gasteiger charge is -2.25. The van der Waals surface area contributed by atoms with Crippen LogP contribution >= 0.6 is 11.8 Å². The van der Waals surface area contributed by atoms with Gasteiger partial charge in [-0.15, -0.1) is 11.8 Å². The fourth-order valence-electron chi connectivity index (χ4n) is 3.98. The molecule has 0 bridgehead atoms. The Balaban J connectivity index is 1.56. The molecule has 3 aromatic carbocycles. The molecule has 0 unspecified atom stereocenters. The molecule has 0 spiro atoms. The summed E-state index contributed by atoms with van der Waals surface area (Å²) in [5.74, 6) is 0.332. The van der Waals surface area contributed by atoms with Crippen LogP contribution < -0.4 is 10.2 Å². The Morgan fingerprint density at radius 3 is 2.58 bits per heavy atom. The van der Waals surface area contributed by atoms with Crippen molar-refractivity contribution in [3.8, 4) is 0 Å². The van der Waals surface area contributed by atoms with Crippen molar-refractivity contribution in [2.45, 2.75) is 31.6 Å². The third-order valence-corrected chi connectivity index (χ3v) is 6.73. The quantitative estimate of drug-likeness (QED) is 0.529. The number of carbonyl (C=O) groups excluding carboxylic acids is 2. The predicted molar refractivity (Wildman–Crippen MR) is 128 cm³/mol. The Hall–Kier alpha value is -3.05. The van der Waals surface area contributed by atoms with Crippen LogP contribution in [0.5, 0.6) is 0 Å². The molecule has 31 heavy (non-hydrogen) atoms. The number of aryl methyl sites for hydroxylation is 1. The third-order valence-electron chi connectivity index (χ3n) is 5.51. The number of thioether (sulfide) groups is 1. The molecular formula is C26H26N2O2S. The van der Waals surface area contributed by atoms with Crippen molar-refractivity contribution < 1.29 is 9.59 Å². The Morgan fingerprint density at radius 1 is 1.06 bits per heavy atom. The minimum Gasteiger partial charge on any atom is -0.326 e. The van der Waals surface area contributed by atoms with E-state index in [0.717, 1.165) is 34.5 Å². The fraction of sp³-hybridized carbons (Fsp3) is 0.231. The van der Waals surface area contributed by atoms with Crippen LogP contribution in [0.4, 0.5) is 11.4 Å². The van der Waals surface area contributed by atoms with E-state index in [-0.39, 0.29) is 23.1 Å². The van der Waals surface area contributed by atoms with Crippen LogP contribution in [0.25, 0.3) is 0 Å². The molecule has 5 heteroatoms. The zero-order chi connectivity index (χ0) is 21.8. The van der Waals surface area contributed by atoms with E-state index in [1.807, 2.05) is 97.6 Å². The van der Waals surface area contributed by atoms with E-state index in [1.54, 1.807) is 11.8 Å². The minimum atomic E-state index is -0.198. The highest BCUT2D eigenvalue weighted by Crippen LogP contribution is 2.42. The van der Waals surface area contributed by atoms with Crippen molar-refractivity contribution in [3.63, 3.8) is 0 Å². The van der Waals surface area contributed by atoms with Gasteiger partial charge in [-0.1, -0.05) is 61.5 Å². The summed E-state index contributed by atoms with van der Waals surface area (Å²) < 4.78 is 0. The summed E-state index contributed by atoms with van der Waals surface area (Å²) in [5.41, 5.74) is 4.79. The number of benzene rings is 3. The second kappa shape index (κ2) is 9.40. The van der Waals surface area contributed by atoms with Crippen molar-refractivity contribution in [2.24, 2.45) is 0 Å². The molecule has 1 aliphatic heterocycles. The summed E-state index contributed by atoms with van der Waals surface area (Å²) in [6, 6.07) is 25.7. The SMILES string of the molecule is CC[C@H](C(=O)Nc1cccc([C@@H]2SCC(=O)N2c2cccc(C)c2)c1)c1ccccc1. The van der Waals surface area contributed by atoms with Crippen molar-refractivity contribution in [1.82, 2.24) is 0 Å². The van der Waals surface area contributed by atoms with Gasteiger partial charge in [0, 0.05) is 11.4 Å². The van der Waals surface area contributed by atoms with Crippen LogP contribution in [0.3, 0.4) is 0 Å². The number of nitrogens with zero attached hydrogens (tertiary/aromatic N) is 1. The maximum atomic E-state index is 13.0. The first-order valence-electron chi connectivity index (χ1n) is 10.5. The standard InChI is InChI=1S/C26H26N2O2S/c1-3-23(19-10-5-4-6-11-19)25(30)27-21-13-8-12-20(16-21)26-28(24(29)17-31-26)22-14-7-9-18(2)15-22/h4-16,23,26H,3,17H2,1-2H3,(H,27,30)/t23-,26-/m0/s1. The Kier molecular flexibility index (Phi) is 6.42. The Bertz CT molecular complexity index is 1080. The summed E-state index contributed by atoms with van der Waals surface area (Å²) in [7, 11) is 0. The molecule has 4 rings (SSSR count). The zero-order valence-corrected chi connectivity index (χ0v) is 18.6. The number of carbonyl (C=O) groups is 2. The summed E-state index contributed by atoms with van der Waals surface area (Å²) in [5, 5.41) is 2.97. The van der Waals surface area contributed by atoms with Crippen LogP contribution in [0.15, 0.2) is 78.9 Å². The van der Waals surface area contributed by atoms with Gasteiger partial charge in [0.05, 0.1) is 11.7 Å². The molecule has 1 heterocycles. The van der Waals surface area contributed by atoms with E-state index >= 15 is 0 Å². The number of hydrogen-bond acceptors (Lipinski definition) is 3. The van der Waals surface area contributed by atoms with Gasteiger partial charge in [-0.2, -0.15) is 0 Å². The Morgan fingerprint density at radius 2 is 1.84 bits per heavy atom. The van der Waals surface area contributed by atoms with Crippen molar-refractivity contribution in [3.05, 3.63) is 95.6 Å². The fourth-order valence-corrected chi connectivity index (χ4v) is 5.15. The Labute approximate surface area is 187 Å². The molecule has 0 radical (unpaired) electrons. The molecule has 2 atom stereocenters. The molecular weight excluding hydrogens is 404 g/mol. The predicted octanol–water partition coefficient (Wildman–Crippen LogP) is 5.91. The maximum absolute atomic E-state index is 13.0. The molecule has 0 aromatic heterocycles. The van der Waals surface area contributed by atoms with E-state index < -0.39 is 0 Å². The van der Waals surface area contributed by atoms with E-state index in [4.69, 9.17) is 0 Å². The van der Waals surface area contributed by atoms with Crippen LogP contribution in [0.1, 0.15) is 41.3 Å². The molecule has 2 amide bonds. The second-order valence-corrected chi connectivity index (χ2v) is 8.82. The largest absolute Gasteiger partial charge is 0.326 e. The van der Waals surface area contributed by atoms with Crippen molar-refractivity contribution in [1.29, 1.82) is 0 Å². The topological polar surface area (TPSA) is 49.4 Å². The van der Waals surface area contributed by atoms with Gasteiger partial charge in [-0.25, -0.2) is 0 Å². The minimum absolute atomic E-state index is 0.0171.